The summed E-state index contributed by atoms with van der Waals surface area (Å²) >= 11 is 0. The minimum atomic E-state index is -2.17. The van der Waals surface area contributed by atoms with E-state index >= 15 is 9.59 Å². The summed E-state index contributed by atoms with van der Waals surface area (Å²) < 4.78 is 39.8. The number of ketones is 1. The first-order chi connectivity index (χ1) is 35.1. The zero-order chi connectivity index (χ0) is 54.7. The molecule has 4 aliphatic rings. The highest BCUT2D eigenvalue weighted by molar-refractivity contribution is 5.94. The summed E-state index contributed by atoms with van der Waals surface area (Å²) in [4.78, 5) is 60.0. The van der Waals surface area contributed by atoms with E-state index in [0.717, 1.165) is 11.1 Å². The Morgan fingerprint density at radius 3 is 1.80 bits per heavy atom. The fraction of sp³-hybridized carbons (Fsp3) is 0.516. The molecule has 8 rings (SSSR count). The fourth-order valence-electron chi connectivity index (χ4n) is 13.0. The van der Waals surface area contributed by atoms with Crippen molar-refractivity contribution in [2.75, 3.05) is 6.61 Å². The van der Waals surface area contributed by atoms with E-state index < -0.39 is 117 Å². The van der Waals surface area contributed by atoms with Gasteiger partial charge in [0.25, 0.3) is 0 Å². The van der Waals surface area contributed by atoms with E-state index in [1.54, 1.807) is 123 Å². The van der Waals surface area contributed by atoms with Gasteiger partial charge in [-0.15, -0.1) is 0 Å². The Morgan fingerprint density at radius 1 is 0.773 bits per heavy atom. The van der Waals surface area contributed by atoms with E-state index in [1.165, 1.54) is 0 Å². The van der Waals surface area contributed by atoms with Crippen molar-refractivity contribution >= 4 is 23.8 Å². The zero-order valence-electron chi connectivity index (χ0n) is 45.8. The van der Waals surface area contributed by atoms with Crippen LogP contribution in [0.15, 0.2) is 132 Å². The van der Waals surface area contributed by atoms with E-state index in [-0.39, 0.29) is 30.6 Å². The number of nitrogens with one attached hydrogen (secondary N) is 1. The van der Waals surface area contributed by atoms with Crippen molar-refractivity contribution in [1.29, 1.82) is 0 Å². The highest BCUT2D eigenvalue weighted by Crippen LogP contribution is 2.67. The highest BCUT2D eigenvalue weighted by atomic mass is 16.6. The highest BCUT2D eigenvalue weighted by Gasteiger charge is 2.76. The van der Waals surface area contributed by atoms with Gasteiger partial charge in [-0.2, -0.15) is 0 Å². The van der Waals surface area contributed by atoms with Crippen LogP contribution in [0.25, 0.3) is 0 Å². The average molecular weight is 1030 g/mol. The average Bonchev–Trinajstić information content (AvgIpc) is 3.35. The summed E-state index contributed by atoms with van der Waals surface area (Å²) in [6, 6.07) is 36.0. The fourth-order valence-corrected chi connectivity index (χ4v) is 13.0. The quantitative estimate of drug-likeness (QED) is 0.0657. The minimum Gasteiger partial charge on any atom is -0.456 e. The molecule has 0 radical (unpaired) electrons. The number of aliphatic hydroxyl groups excluding tert-OH is 1. The van der Waals surface area contributed by atoms with Crippen LogP contribution in [-0.2, 0) is 43.6 Å². The molecule has 402 valence electrons. The monoisotopic (exact) mass is 1030 g/mol. The summed E-state index contributed by atoms with van der Waals surface area (Å²) in [7, 11) is 0. The molecule has 75 heavy (non-hydrogen) atoms. The largest absolute Gasteiger partial charge is 0.456 e. The van der Waals surface area contributed by atoms with Crippen LogP contribution >= 0.6 is 0 Å². The third-order valence-corrected chi connectivity index (χ3v) is 16.8. The lowest BCUT2D eigenvalue weighted by Gasteiger charge is -2.69. The number of carbonyl (C=O) groups excluding carboxylic acids is 4. The molecule has 3 aliphatic carbocycles. The molecule has 1 aliphatic heterocycles. The summed E-state index contributed by atoms with van der Waals surface area (Å²) in [5.41, 5.74) is -6.18. The molecule has 13 heteroatoms. The first-order valence-electron chi connectivity index (χ1n) is 26.3. The maximum atomic E-state index is 16.4. The number of amides is 1. The molecule has 4 aromatic rings. The van der Waals surface area contributed by atoms with Gasteiger partial charge in [-0.25, -0.2) is 14.4 Å². The number of ether oxygens (including phenoxy) is 6. The third kappa shape index (κ3) is 9.77. The second-order valence-corrected chi connectivity index (χ2v) is 24.4. The van der Waals surface area contributed by atoms with E-state index in [9.17, 15) is 19.8 Å². The van der Waals surface area contributed by atoms with Gasteiger partial charge in [0.1, 0.15) is 35.1 Å². The first kappa shape index (κ1) is 55.5. The molecule has 0 spiro atoms. The molecule has 1 saturated heterocycles. The standard InChI is InChI=1S/C62H77NO12/c1-37(2)71-49(47(39-26-18-14-19-27-39)63-55(68)75-57(7,8)9)54(67)72-43-35-61(69)52(73-53(66)40-28-20-15-21-29-40)50-59(12)36-70-44(59)34-45(60(50,13)51(65)48(64)46(38(43)3)58(61,10)11)74-62(56(4,5)6,41-30-22-16-23-31-41)42-32-24-17-25-33-42/h14-33,37,43-45,47-50,52,64,69H,34-36H2,1-13H3,(H,63,68)/t43-,44+,45-,47-,48+,49+,50+,52-,59+,60+,61+/m0/s1. The number of hydrogen-bond donors (Lipinski definition) is 3. The van der Waals surface area contributed by atoms with E-state index in [1.807, 2.05) is 67.6 Å². The van der Waals surface area contributed by atoms with Crippen LogP contribution in [0.3, 0.4) is 0 Å². The summed E-state index contributed by atoms with van der Waals surface area (Å²) in [5.74, 6) is -3.31. The summed E-state index contributed by atoms with van der Waals surface area (Å²) in [5, 5.41) is 30.3. The second kappa shape index (κ2) is 20.3. The first-order valence-corrected chi connectivity index (χ1v) is 26.3. The Bertz CT molecular complexity index is 2710. The lowest BCUT2D eigenvalue weighted by molar-refractivity contribution is -0.329. The molecular formula is C62H77NO12. The van der Waals surface area contributed by atoms with Crippen LogP contribution in [0.4, 0.5) is 4.79 Å². The molecule has 1 amide bonds. The SMILES string of the molecule is CC1=C2[C@@H](O)C(=O)[C@]3(C)[C@@H](OC(c4ccccc4)(c4ccccc4)C(C)(C)C)C[C@H]4OC[C@@]4(C)[C@H]3[C@H](OC(=O)c3ccccc3)[C@](O)(C[C@@H]1OC(=O)[C@H](OC(C)C)[C@@H](NC(=O)OC(C)(C)C)c1ccccc1)C2(C)C. The maximum Gasteiger partial charge on any atom is 0.408 e. The van der Waals surface area contributed by atoms with Crippen LogP contribution in [0.1, 0.15) is 136 Å². The van der Waals surface area contributed by atoms with Gasteiger partial charge in [0.2, 0.25) is 0 Å². The van der Waals surface area contributed by atoms with E-state index in [4.69, 9.17) is 28.4 Å². The van der Waals surface area contributed by atoms with Crippen molar-refractivity contribution in [2.45, 2.75) is 168 Å². The molecule has 2 bridgehead atoms. The number of esters is 2. The molecule has 13 nitrogen and oxygen atoms in total. The molecular weight excluding hydrogens is 951 g/mol. The minimum absolute atomic E-state index is 0.122. The smallest absolute Gasteiger partial charge is 0.408 e. The number of alkyl carbamates (subject to hydrolysis) is 1. The normalized spacial score (nSPS) is 29.3. The van der Waals surface area contributed by atoms with Gasteiger partial charge in [0.05, 0.1) is 41.9 Å². The van der Waals surface area contributed by atoms with Crippen molar-refractivity contribution in [3.05, 3.63) is 155 Å². The number of hydrogen-bond acceptors (Lipinski definition) is 12. The molecule has 3 fully saturated rings. The van der Waals surface area contributed by atoms with Crippen molar-refractivity contribution in [3.63, 3.8) is 0 Å². The van der Waals surface area contributed by atoms with Crippen molar-refractivity contribution < 1.29 is 57.8 Å². The van der Waals surface area contributed by atoms with Gasteiger partial charge in [-0.1, -0.05) is 151 Å². The summed E-state index contributed by atoms with van der Waals surface area (Å²) in [6.07, 6.45) is -9.16. The summed E-state index contributed by atoms with van der Waals surface area (Å²) in [6.45, 7) is 24.1. The molecule has 1 heterocycles. The van der Waals surface area contributed by atoms with Gasteiger partial charge >= 0.3 is 18.0 Å². The second-order valence-electron chi connectivity index (χ2n) is 24.4. The Morgan fingerprint density at radius 2 is 1.31 bits per heavy atom. The van der Waals surface area contributed by atoms with Crippen LogP contribution in [0.5, 0.6) is 0 Å². The topological polar surface area (TPSA) is 176 Å². The number of rotatable bonds is 13. The van der Waals surface area contributed by atoms with Crippen molar-refractivity contribution in [1.82, 2.24) is 5.32 Å². The van der Waals surface area contributed by atoms with Crippen LogP contribution < -0.4 is 5.32 Å². The number of fused-ring (bicyclic) bond motifs is 5. The number of carbonyl (C=O) groups is 4. The molecule has 2 saturated carbocycles. The van der Waals surface area contributed by atoms with Crippen LogP contribution in [0.2, 0.25) is 0 Å². The number of Topliss-reactive ketones (excluding diaryl/α,β-unsaturated/α-hetero) is 1. The molecule has 3 N–H and O–H groups in total. The number of benzene rings is 4. The van der Waals surface area contributed by atoms with E-state index in [2.05, 4.69) is 26.1 Å². The van der Waals surface area contributed by atoms with Gasteiger partial charge in [0.15, 0.2) is 11.9 Å². The lowest BCUT2D eigenvalue weighted by Crippen LogP contribution is -2.78. The van der Waals surface area contributed by atoms with Gasteiger partial charge in [-0.3, -0.25) is 4.79 Å². The van der Waals surface area contributed by atoms with Gasteiger partial charge in [-0.05, 0) is 93.9 Å². The van der Waals surface area contributed by atoms with Gasteiger partial charge < -0.3 is 44.0 Å². The van der Waals surface area contributed by atoms with Crippen molar-refractivity contribution in [2.24, 2.45) is 27.6 Å². The molecule has 0 aromatic heterocycles. The zero-order valence-corrected chi connectivity index (χ0v) is 45.8. The van der Waals surface area contributed by atoms with E-state index in [0.29, 0.717) is 11.1 Å². The molecule has 4 aromatic carbocycles. The maximum absolute atomic E-state index is 16.4. The molecule has 11 atom stereocenters. The number of aliphatic hydroxyl groups is 2. The predicted octanol–water partition coefficient (Wildman–Crippen LogP) is 10.4. The Hall–Kier alpha value is -5.70. The third-order valence-electron chi connectivity index (χ3n) is 16.8. The van der Waals surface area contributed by atoms with Crippen LogP contribution in [-0.4, -0.2) is 94.6 Å². The predicted molar refractivity (Wildman–Crippen MR) is 283 cm³/mol. The van der Waals surface area contributed by atoms with Crippen molar-refractivity contribution in [3.8, 4) is 0 Å². The van der Waals surface area contributed by atoms with Crippen LogP contribution in [0, 0.1) is 27.6 Å². The Balaban J connectivity index is 1.32. The molecule has 0 unspecified atom stereocenters. The Labute approximate surface area is 442 Å². The lowest BCUT2D eigenvalue weighted by atomic mass is 9.42. The van der Waals surface area contributed by atoms with Gasteiger partial charge in [0, 0.05) is 29.6 Å². The Kier molecular flexibility index (Phi) is 15.1.